The maximum Gasteiger partial charge on any atom is 0.235 e. The van der Waals surface area contributed by atoms with Crippen LogP contribution in [0.25, 0.3) is 0 Å². The predicted molar refractivity (Wildman–Crippen MR) is 99.5 cm³/mol. The Labute approximate surface area is 157 Å². The molecule has 1 aromatic rings. The molecule has 2 fully saturated rings. The molecule has 0 spiro atoms. The lowest BCUT2D eigenvalue weighted by Gasteiger charge is -2.37. The van der Waals surface area contributed by atoms with Crippen LogP contribution in [0.5, 0.6) is 0 Å². The first-order valence-electron chi connectivity index (χ1n) is 8.75. The quantitative estimate of drug-likeness (QED) is 0.391. The van der Waals surface area contributed by atoms with Gasteiger partial charge in [0.1, 0.15) is 0 Å². The second-order valence-corrected chi connectivity index (χ2v) is 10.1. The second kappa shape index (κ2) is 7.79. The fraction of sp³-hybridized carbons (Fsp3) is 0.562. The number of aromatic nitrogens is 2. The Hall–Kier alpha value is -2.24. The van der Waals surface area contributed by atoms with Crippen molar-refractivity contribution in [2.75, 3.05) is 11.6 Å². The smallest absolute Gasteiger partial charge is 0.235 e. The van der Waals surface area contributed by atoms with Gasteiger partial charge in [-0.3, -0.25) is 24.5 Å². The number of rotatable bonds is 5. The molecule has 0 saturated carbocycles. The van der Waals surface area contributed by atoms with Crippen LogP contribution in [-0.4, -0.2) is 61.8 Å². The first-order chi connectivity index (χ1) is 12.8. The van der Waals surface area contributed by atoms with E-state index in [2.05, 4.69) is 20.6 Å². The average molecular weight is 396 g/mol. The molecule has 27 heavy (non-hydrogen) atoms. The molecule has 11 heteroatoms. The number of H-pyrrole nitrogens is 1. The third-order valence-electron chi connectivity index (χ3n) is 4.95. The molecule has 3 unspecified atom stereocenters. The predicted octanol–water partition coefficient (Wildman–Crippen LogP) is -1.78. The van der Waals surface area contributed by atoms with Gasteiger partial charge in [-0.05, 0) is 12.8 Å². The molecule has 2 aliphatic heterocycles. The topological polar surface area (TPSA) is 173 Å². The maximum atomic E-state index is 13.3. The van der Waals surface area contributed by atoms with E-state index in [1.54, 1.807) is 6.20 Å². The highest BCUT2D eigenvalue weighted by atomic mass is 32.3. The molecular formula is C16H24N6O4S. The summed E-state index contributed by atoms with van der Waals surface area (Å²) in [4.78, 5) is 56.7. The minimum atomic E-state index is -2.60. The normalized spacial score (nSPS) is 31.5. The van der Waals surface area contributed by atoms with E-state index in [0.29, 0.717) is 25.0 Å². The van der Waals surface area contributed by atoms with Crippen LogP contribution >= 0.6 is 10.0 Å². The molecule has 4 atom stereocenters. The SMILES string of the molecule is NC(=O)C1CS(C(=O)C2CCCC(=O)N2)(C(=O)[C@@H](N)Cc2cnc[nH]2)CN1. The van der Waals surface area contributed by atoms with E-state index in [4.69, 9.17) is 11.5 Å². The summed E-state index contributed by atoms with van der Waals surface area (Å²) in [6, 6.07) is -2.40. The number of carbonyl (C=O) groups excluding carboxylic acids is 4. The molecule has 2 aliphatic rings. The zero-order valence-corrected chi connectivity index (χ0v) is 15.6. The van der Waals surface area contributed by atoms with Crippen LogP contribution in [-0.2, 0) is 25.6 Å². The Bertz CT molecular complexity index is 754. The molecule has 0 radical (unpaired) electrons. The number of aromatic amines is 1. The second-order valence-electron chi connectivity index (χ2n) is 6.89. The van der Waals surface area contributed by atoms with Crippen LogP contribution in [0.1, 0.15) is 25.0 Å². The van der Waals surface area contributed by atoms with E-state index in [1.807, 2.05) is 0 Å². The van der Waals surface area contributed by atoms with Gasteiger partial charge in [-0.25, -0.2) is 4.98 Å². The molecule has 1 aromatic heterocycles. The molecule has 0 aliphatic carbocycles. The molecule has 0 bridgehead atoms. The number of nitrogens with one attached hydrogen (secondary N) is 3. The van der Waals surface area contributed by atoms with Crippen molar-refractivity contribution in [3.63, 3.8) is 0 Å². The van der Waals surface area contributed by atoms with Gasteiger partial charge in [0.25, 0.3) is 0 Å². The first-order valence-corrected chi connectivity index (χ1v) is 10.7. The highest BCUT2D eigenvalue weighted by Crippen LogP contribution is 2.54. The Morgan fingerprint density at radius 1 is 1.33 bits per heavy atom. The summed E-state index contributed by atoms with van der Waals surface area (Å²) in [6.45, 7) is 0. The third kappa shape index (κ3) is 3.89. The highest BCUT2D eigenvalue weighted by Gasteiger charge is 2.51. The summed E-state index contributed by atoms with van der Waals surface area (Å²) in [5.41, 5.74) is 12.2. The van der Waals surface area contributed by atoms with E-state index in [1.165, 1.54) is 6.33 Å². The highest BCUT2D eigenvalue weighted by molar-refractivity contribution is 8.55. The molecule has 3 rings (SSSR count). The lowest BCUT2D eigenvalue weighted by atomic mass is 10.1. The summed E-state index contributed by atoms with van der Waals surface area (Å²) in [5, 5.41) is 4.89. The van der Waals surface area contributed by atoms with Crippen LogP contribution in [0.4, 0.5) is 0 Å². The first kappa shape index (κ1) is 19.5. The Kier molecular flexibility index (Phi) is 5.63. The van der Waals surface area contributed by atoms with Crippen molar-refractivity contribution in [3.05, 3.63) is 18.2 Å². The van der Waals surface area contributed by atoms with Gasteiger partial charge in [-0.15, -0.1) is 10.0 Å². The van der Waals surface area contributed by atoms with Crippen molar-refractivity contribution < 1.29 is 19.2 Å². The fourth-order valence-corrected chi connectivity index (χ4v) is 7.14. The minimum Gasteiger partial charge on any atom is -0.368 e. The molecule has 2 amide bonds. The number of piperidine rings is 1. The molecule has 10 nitrogen and oxygen atoms in total. The number of imidazole rings is 1. The van der Waals surface area contributed by atoms with Gasteiger partial charge >= 0.3 is 0 Å². The third-order valence-corrected chi connectivity index (χ3v) is 8.64. The van der Waals surface area contributed by atoms with Gasteiger partial charge in [0.15, 0.2) is 5.12 Å². The maximum absolute atomic E-state index is 13.3. The molecule has 3 heterocycles. The molecular weight excluding hydrogens is 372 g/mol. The molecule has 0 aromatic carbocycles. The number of amides is 2. The van der Waals surface area contributed by atoms with E-state index in [-0.39, 0.29) is 34.2 Å². The largest absolute Gasteiger partial charge is 0.368 e. The van der Waals surface area contributed by atoms with E-state index in [9.17, 15) is 19.2 Å². The van der Waals surface area contributed by atoms with Crippen molar-refractivity contribution in [1.82, 2.24) is 20.6 Å². The number of hydrogen-bond donors (Lipinski definition) is 5. The number of nitrogens with two attached hydrogens (primary N) is 2. The van der Waals surface area contributed by atoms with E-state index >= 15 is 0 Å². The van der Waals surface area contributed by atoms with Crippen LogP contribution < -0.4 is 22.1 Å². The van der Waals surface area contributed by atoms with Crippen molar-refractivity contribution >= 4 is 32.1 Å². The van der Waals surface area contributed by atoms with Crippen LogP contribution in [0.15, 0.2) is 12.5 Å². The zero-order chi connectivity index (χ0) is 19.6. The van der Waals surface area contributed by atoms with Gasteiger partial charge in [0.05, 0.1) is 24.5 Å². The standard InChI is InChI=1S/C16H24N6O4S/c17-10(4-9-5-19-7-20-9)15(25)27(6-12(14(18)24)21-8-27)16(26)11-2-1-3-13(23)22-11/h5,7,10-12,21H,1-4,6,8,17H2,(H2,18,24)(H,19,20)(H,22,23)/t10-,11?,12?/m0/s1. The van der Waals surface area contributed by atoms with Crippen molar-refractivity contribution in [3.8, 4) is 0 Å². The molecule has 7 N–H and O–H groups in total. The lowest BCUT2D eigenvalue weighted by molar-refractivity contribution is -0.127. The minimum absolute atomic E-state index is 0.0308. The zero-order valence-electron chi connectivity index (χ0n) is 14.8. The van der Waals surface area contributed by atoms with Crippen molar-refractivity contribution in [1.29, 1.82) is 0 Å². The van der Waals surface area contributed by atoms with Crippen molar-refractivity contribution in [2.45, 2.75) is 43.8 Å². The van der Waals surface area contributed by atoms with E-state index < -0.39 is 34.1 Å². The van der Waals surface area contributed by atoms with Gasteiger partial charge in [0, 0.05) is 36.4 Å². The number of carbonyl (C=O) groups is 4. The molecule has 2 saturated heterocycles. The summed E-state index contributed by atoms with van der Waals surface area (Å²) in [5.74, 6) is -0.731. The van der Waals surface area contributed by atoms with Gasteiger partial charge in [0.2, 0.25) is 16.9 Å². The summed E-state index contributed by atoms with van der Waals surface area (Å²) in [6.07, 6.45) is 4.68. The number of primary amides is 1. The fourth-order valence-electron chi connectivity index (χ4n) is 3.49. The van der Waals surface area contributed by atoms with Gasteiger partial charge in [-0.1, -0.05) is 0 Å². The van der Waals surface area contributed by atoms with Crippen molar-refractivity contribution in [2.24, 2.45) is 11.5 Å². The van der Waals surface area contributed by atoms with Crippen LogP contribution in [0, 0.1) is 0 Å². The lowest BCUT2D eigenvalue weighted by Crippen LogP contribution is -2.49. The molecule has 148 valence electrons. The van der Waals surface area contributed by atoms with Crippen LogP contribution in [0.2, 0.25) is 0 Å². The van der Waals surface area contributed by atoms with Gasteiger partial charge in [-0.2, -0.15) is 0 Å². The van der Waals surface area contributed by atoms with Gasteiger partial charge < -0.3 is 21.8 Å². The Morgan fingerprint density at radius 3 is 2.70 bits per heavy atom. The summed E-state index contributed by atoms with van der Waals surface area (Å²) in [7, 11) is -2.60. The number of hydrogen-bond acceptors (Lipinski definition) is 7. The Morgan fingerprint density at radius 2 is 2.11 bits per heavy atom. The monoisotopic (exact) mass is 396 g/mol. The average Bonchev–Trinajstić information content (AvgIpc) is 3.31. The summed E-state index contributed by atoms with van der Waals surface area (Å²) >= 11 is 0. The summed E-state index contributed by atoms with van der Waals surface area (Å²) < 4.78 is 0. The van der Waals surface area contributed by atoms with Crippen LogP contribution in [0.3, 0.4) is 0 Å². The van der Waals surface area contributed by atoms with E-state index in [0.717, 1.165) is 0 Å². The number of nitrogens with zero attached hydrogens (tertiary/aromatic N) is 1. The Balaban J connectivity index is 1.85.